The van der Waals surface area contributed by atoms with Gasteiger partial charge in [-0.15, -0.1) is 0 Å². The number of hydrogen-bond acceptors (Lipinski definition) is 4. The molecule has 0 spiro atoms. The quantitative estimate of drug-likeness (QED) is 0.450. The molecule has 1 rings (SSSR count). The Labute approximate surface area is 113 Å². The van der Waals surface area contributed by atoms with Gasteiger partial charge in [0.25, 0.3) is 0 Å². The first-order valence-electron chi connectivity index (χ1n) is 6.40. The zero-order chi connectivity index (χ0) is 14.4. The van der Waals surface area contributed by atoms with Crippen molar-refractivity contribution in [3.63, 3.8) is 0 Å². The van der Waals surface area contributed by atoms with E-state index < -0.39 is 11.9 Å². The number of ether oxygens (including phenoxy) is 2. The van der Waals surface area contributed by atoms with Gasteiger partial charge in [0.1, 0.15) is 11.7 Å². The Hall–Kier alpha value is -1.84. The monoisotopic (exact) mass is 264 g/mol. The summed E-state index contributed by atoms with van der Waals surface area (Å²) in [6.07, 6.45) is 0.411. The van der Waals surface area contributed by atoms with Crippen LogP contribution in [0.2, 0.25) is 0 Å². The van der Waals surface area contributed by atoms with Crippen LogP contribution in [-0.2, 0) is 9.53 Å². The molecular formula is C15H20O4. The van der Waals surface area contributed by atoms with Gasteiger partial charge >= 0.3 is 5.97 Å². The summed E-state index contributed by atoms with van der Waals surface area (Å²) in [5.74, 6) is -1.00. The highest BCUT2D eigenvalue weighted by molar-refractivity contribution is 6.10. The first-order chi connectivity index (χ1) is 9.04. The Morgan fingerprint density at radius 1 is 1.26 bits per heavy atom. The number of aryl methyl sites for hydroxylation is 1. The van der Waals surface area contributed by atoms with Crippen LogP contribution in [0.25, 0.3) is 0 Å². The molecular weight excluding hydrogens is 244 g/mol. The van der Waals surface area contributed by atoms with Crippen LogP contribution in [0.5, 0.6) is 5.75 Å². The van der Waals surface area contributed by atoms with Crippen LogP contribution in [0.15, 0.2) is 18.2 Å². The Bertz CT molecular complexity index is 465. The summed E-state index contributed by atoms with van der Waals surface area (Å²) < 4.78 is 10.1. The van der Waals surface area contributed by atoms with Crippen LogP contribution in [0.4, 0.5) is 0 Å². The lowest BCUT2D eigenvalue weighted by atomic mass is 9.94. The highest BCUT2D eigenvalue weighted by atomic mass is 16.5. The van der Waals surface area contributed by atoms with Gasteiger partial charge in [-0.1, -0.05) is 13.0 Å². The van der Waals surface area contributed by atoms with E-state index in [0.717, 1.165) is 5.56 Å². The molecule has 4 nitrogen and oxygen atoms in total. The molecule has 1 unspecified atom stereocenters. The van der Waals surface area contributed by atoms with E-state index in [0.29, 0.717) is 17.7 Å². The van der Waals surface area contributed by atoms with Crippen LogP contribution in [-0.4, -0.2) is 25.5 Å². The van der Waals surface area contributed by atoms with Gasteiger partial charge in [0, 0.05) is 0 Å². The van der Waals surface area contributed by atoms with Crippen molar-refractivity contribution in [2.75, 3.05) is 13.7 Å². The third-order valence-corrected chi connectivity index (χ3v) is 2.92. The molecule has 1 atom stereocenters. The summed E-state index contributed by atoms with van der Waals surface area (Å²) in [6.45, 7) is 5.70. The van der Waals surface area contributed by atoms with Crippen molar-refractivity contribution in [1.82, 2.24) is 0 Å². The molecule has 19 heavy (non-hydrogen) atoms. The second kappa shape index (κ2) is 6.92. The number of carbonyl (C=O) groups excluding carboxylic acids is 2. The topological polar surface area (TPSA) is 52.6 Å². The zero-order valence-electron chi connectivity index (χ0n) is 11.9. The molecule has 0 N–H and O–H groups in total. The normalized spacial score (nSPS) is 11.8. The van der Waals surface area contributed by atoms with Gasteiger partial charge in [-0.25, -0.2) is 0 Å². The number of benzene rings is 1. The van der Waals surface area contributed by atoms with E-state index in [4.69, 9.17) is 9.47 Å². The summed E-state index contributed by atoms with van der Waals surface area (Å²) in [5, 5.41) is 0. The Balaban J connectivity index is 3.07. The van der Waals surface area contributed by atoms with E-state index in [-0.39, 0.29) is 12.4 Å². The molecule has 0 radical (unpaired) electrons. The molecule has 1 aromatic carbocycles. The minimum Gasteiger partial charge on any atom is -0.496 e. The van der Waals surface area contributed by atoms with Crippen LogP contribution in [0.3, 0.4) is 0 Å². The van der Waals surface area contributed by atoms with Crippen LogP contribution in [0, 0.1) is 12.8 Å². The van der Waals surface area contributed by atoms with Crippen molar-refractivity contribution in [2.24, 2.45) is 5.92 Å². The molecule has 0 aliphatic carbocycles. The summed E-state index contributed by atoms with van der Waals surface area (Å²) in [6, 6.07) is 5.30. The maximum atomic E-state index is 12.4. The summed E-state index contributed by atoms with van der Waals surface area (Å²) in [7, 11) is 1.51. The molecule has 0 saturated heterocycles. The highest BCUT2D eigenvalue weighted by Crippen LogP contribution is 2.24. The van der Waals surface area contributed by atoms with Gasteiger partial charge in [-0.2, -0.15) is 0 Å². The fraction of sp³-hybridized carbons (Fsp3) is 0.467. The van der Waals surface area contributed by atoms with Crippen molar-refractivity contribution in [2.45, 2.75) is 27.2 Å². The number of hydrogen-bond donors (Lipinski definition) is 0. The first kappa shape index (κ1) is 15.2. The molecule has 4 heteroatoms. The molecule has 0 heterocycles. The molecule has 104 valence electrons. The van der Waals surface area contributed by atoms with Crippen molar-refractivity contribution < 1.29 is 19.1 Å². The van der Waals surface area contributed by atoms with Gasteiger partial charge in [0.15, 0.2) is 5.78 Å². The molecule has 0 amide bonds. The summed E-state index contributed by atoms with van der Waals surface area (Å²) in [5.41, 5.74) is 1.42. The van der Waals surface area contributed by atoms with Crippen LogP contribution in [0.1, 0.15) is 36.2 Å². The molecule has 0 fully saturated rings. The van der Waals surface area contributed by atoms with E-state index in [1.54, 1.807) is 26.0 Å². The van der Waals surface area contributed by atoms with E-state index in [2.05, 4.69) is 0 Å². The van der Waals surface area contributed by atoms with Gasteiger partial charge in [0.2, 0.25) is 0 Å². The van der Waals surface area contributed by atoms with Crippen molar-refractivity contribution >= 4 is 11.8 Å². The van der Waals surface area contributed by atoms with Crippen LogP contribution >= 0.6 is 0 Å². The third-order valence-electron chi connectivity index (χ3n) is 2.92. The zero-order valence-corrected chi connectivity index (χ0v) is 11.9. The standard InChI is InChI=1S/C15H20O4/c1-5-11(15(17)19-6-2)14(16)12-8-7-10(3)9-13(12)18-4/h7-9,11H,5-6H2,1-4H3. The number of methoxy groups -OCH3 is 1. The lowest BCUT2D eigenvalue weighted by Gasteiger charge is -2.15. The molecule has 0 aliphatic heterocycles. The Morgan fingerprint density at radius 2 is 1.95 bits per heavy atom. The fourth-order valence-corrected chi connectivity index (χ4v) is 1.89. The average molecular weight is 264 g/mol. The van der Waals surface area contributed by atoms with Crippen molar-refractivity contribution in [3.05, 3.63) is 29.3 Å². The number of carbonyl (C=O) groups is 2. The lowest BCUT2D eigenvalue weighted by molar-refractivity contribution is -0.146. The lowest BCUT2D eigenvalue weighted by Crippen LogP contribution is -2.26. The summed E-state index contributed by atoms with van der Waals surface area (Å²) in [4.78, 5) is 24.2. The predicted octanol–water partition coefficient (Wildman–Crippen LogP) is 2.78. The summed E-state index contributed by atoms with van der Waals surface area (Å²) >= 11 is 0. The van der Waals surface area contributed by atoms with Crippen molar-refractivity contribution in [3.8, 4) is 5.75 Å². The molecule has 0 bridgehead atoms. The second-order valence-electron chi connectivity index (χ2n) is 4.28. The van der Waals surface area contributed by atoms with Gasteiger partial charge in [-0.3, -0.25) is 9.59 Å². The van der Waals surface area contributed by atoms with Crippen LogP contribution < -0.4 is 4.74 Å². The SMILES string of the molecule is CCOC(=O)C(CC)C(=O)c1ccc(C)cc1OC. The van der Waals surface area contributed by atoms with Gasteiger partial charge < -0.3 is 9.47 Å². The van der Waals surface area contributed by atoms with E-state index in [1.165, 1.54) is 7.11 Å². The minimum absolute atomic E-state index is 0.252. The second-order valence-corrected chi connectivity index (χ2v) is 4.28. The molecule has 0 aliphatic rings. The molecule has 0 aromatic heterocycles. The molecule has 0 saturated carbocycles. The first-order valence-corrected chi connectivity index (χ1v) is 6.40. The number of esters is 1. The Morgan fingerprint density at radius 3 is 2.47 bits per heavy atom. The number of ketones is 1. The third kappa shape index (κ3) is 3.56. The van der Waals surface area contributed by atoms with E-state index >= 15 is 0 Å². The average Bonchev–Trinajstić information content (AvgIpc) is 2.39. The van der Waals surface area contributed by atoms with Gasteiger partial charge in [-0.05, 0) is 38.0 Å². The van der Waals surface area contributed by atoms with Gasteiger partial charge in [0.05, 0.1) is 19.3 Å². The fourth-order valence-electron chi connectivity index (χ4n) is 1.89. The number of Topliss-reactive ketones (excluding diaryl/α,β-unsaturated/α-hetero) is 1. The number of rotatable bonds is 6. The maximum Gasteiger partial charge on any atom is 0.316 e. The van der Waals surface area contributed by atoms with E-state index in [1.807, 2.05) is 13.0 Å². The molecule has 1 aromatic rings. The predicted molar refractivity (Wildman–Crippen MR) is 72.5 cm³/mol. The minimum atomic E-state index is -0.767. The highest BCUT2D eigenvalue weighted by Gasteiger charge is 2.29. The van der Waals surface area contributed by atoms with E-state index in [9.17, 15) is 9.59 Å². The Kier molecular flexibility index (Phi) is 5.55. The maximum absolute atomic E-state index is 12.4. The smallest absolute Gasteiger partial charge is 0.316 e. The van der Waals surface area contributed by atoms with Crippen molar-refractivity contribution in [1.29, 1.82) is 0 Å². The largest absolute Gasteiger partial charge is 0.496 e.